The van der Waals surface area contributed by atoms with E-state index in [4.69, 9.17) is 0 Å². The number of aromatic nitrogens is 1. The van der Waals surface area contributed by atoms with Crippen molar-refractivity contribution in [3.8, 4) is 0 Å². The summed E-state index contributed by atoms with van der Waals surface area (Å²) in [5, 5.41) is 3.50. The zero-order valence-corrected chi connectivity index (χ0v) is 11.9. The van der Waals surface area contributed by atoms with Gasteiger partial charge in [0.2, 0.25) is 0 Å². The largest absolute Gasteiger partial charge is 0.378 e. The molecule has 17 heavy (non-hydrogen) atoms. The van der Waals surface area contributed by atoms with E-state index in [1.807, 2.05) is 5.51 Å². The highest BCUT2D eigenvalue weighted by molar-refractivity contribution is 7.98. The third-order valence-electron chi connectivity index (χ3n) is 2.65. The van der Waals surface area contributed by atoms with E-state index < -0.39 is 0 Å². The summed E-state index contributed by atoms with van der Waals surface area (Å²) in [7, 11) is 0. The van der Waals surface area contributed by atoms with Crippen LogP contribution >= 0.6 is 23.1 Å². The van der Waals surface area contributed by atoms with Gasteiger partial charge in [-0.25, -0.2) is 4.98 Å². The van der Waals surface area contributed by atoms with Crippen molar-refractivity contribution in [1.82, 2.24) is 4.98 Å². The molecule has 0 radical (unpaired) electrons. The van der Waals surface area contributed by atoms with Gasteiger partial charge in [0.25, 0.3) is 0 Å². The Hall–Kier alpha value is -1.00. The highest BCUT2D eigenvalue weighted by Gasteiger charge is 2.10. The van der Waals surface area contributed by atoms with Gasteiger partial charge in [-0.3, -0.25) is 0 Å². The van der Waals surface area contributed by atoms with Crippen molar-refractivity contribution in [2.45, 2.75) is 24.8 Å². The SMILES string of the molecule is CSc1ccc(NC(C)c2scnc2C)cc1. The molecule has 0 saturated carbocycles. The fraction of sp³-hybridized carbons (Fsp3) is 0.308. The van der Waals surface area contributed by atoms with Crippen LogP contribution in [0.25, 0.3) is 0 Å². The Bertz CT molecular complexity index is 476. The van der Waals surface area contributed by atoms with Crippen LogP contribution in [0.4, 0.5) is 5.69 Å². The molecule has 1 N–H and O–H groups in total. The summed E-state index contributed by atoms with van der Waals surface area (Å²) in [5.41, 5.74) is 4.18. The summed E-state index contributed by atoms with van der Waals surface area (Å²) >= 11 is 3.47. The summed E-state index contributed by atoms with van der Waals surface area (Å²) < 4.78 is 0. The van der Waals surface area contributed by atoms with Crippen molar-refractivity contribution in [2.24, 2.45) is 0 Å². The molecule has 0 bridgehead atoms. The molecule has 1 aromatic carbocycles. The van der Waals surface area contributed by atoms with Gasteiger partial charge in [0.05, 0.1) is 17.2 Å². The Morgan fingerprint density at radius 3 is 2.53 bits per heavy atom. The fourth-order valence-electron chi connectivity index (χ4n) is 1.73. The number of benzene rings is 1. The Balaban J connectivity index is 2.07. The molecular formula is C13H16N2S2. The maximum absolute atomic E-state index is 4.28. The van der Waals surface area contributed by atoms with E-state index >= 15 is 0 Å². The normalized spacial score (nSPS) is 12.4. The number of rotatable bonds is 4. The molecule has 4 heteroatoms. The maximum atomic E-state index is 4.28. The van der Waals surface area contributed by atoms with Crippen LogP contribution in [0.2, 0.25) is 0 Å². The number of nitrogens with one attached hydrogen (secondary N) is 1. The summed E-state index contributed by atoms with van der Waals surface area (Å²) in [6, 6.07) is 8.83. The van der Waals surface area contributed by atoms with Crippen molar-refractivity contribution >= 4 is 28.8 Å². The molecule has 0 aliphatic heterocycles. The van der Waals surface area contributed by atoms with Crippen LogP contribution in [0.5, 0.6) is 0 Å². The Morgan fingerprint density at radius 2 is 2.00 bits per heavy atom. The minimum Gasteiger partial charge on any atom is -0.378 e. The Labute approximate surface area is 110 Å². The standard InChI is InChI=1S/C13H16N2S2/c1-9-13(17-8-14-9)10(2)15-11-4-6-12(16-3)7-5-11/h4-8,10,15H,1-3H3. The number of nitrogens with zero attached hydrogens (tertiary/aromatic N) is 1. The van der Waals surface area contributed by atoms with E-state index in [0.29, 0.717) is 6.04 Å². The van der Waals surface area contributed by atoms with E-state index in [-0.39, 0.29) is 0 Å². The van der Waals surface area contributed by atoms with E-state index in [0.717, 1.165) is 11.4 Å². The average Bonchev–Trinajstić information content (AvgIpc) is 2.76. The van der Waals surface area contributed by atoms with Gasteiger partial charge in [0.15, 0.2) is 0 Å². The van der Waals surface area contributed by atoms with Gasteiger partial charge in [0.1, 0.15) is 0 Å². The minimum absolute atomic E-state index is 0.308. The summed E-state index contributed by atoms with van der Waals surface area (Å²) in [6.45, 7) is 4.23. The lowest BCUT2D eigenvalue weighted by atomic mass is 10.2. The van der Waals surface area contributed by atoms with Crippen molar-refractivity contribution in [3.63, 3.8) is 0 Å². The molecule has 0 amide bonds. The number of hydrogen-bond donors (Lipinski definition) is 1. The molecule has 2 aromatic rings. The third kappa shape index (κ3) is 3.01. The lowest BCUT2D eigenvalue weighted by Crippen LogP contribution is -2.06. The lowest BCUT2D eigenvalue weighted by Gasteiger charge is -2.14. The number of hydrogen-bond acceptors (Lipinski definition) is 4. The van der Waals surface area contributed by atoms with Crippen molar-refractivity contribution in [1.29, 1.82) is 0 Å². The summed E-state index contributed by atoms with van der Waals surface area (Å²) in [6.07, 6.45) is 2.09. The number of thiazole rings is 1. The van der Waals surface area contributed by atoms with Crippen LogP contribution in [0.1, 0.15) is 23.5 Å². The van der Waals surface area contributed by atoms with E-state index in [1.165, 1.54) is 9.77 Å². The highest BCUT2D eigenvalue weighted by atomic mass is 32.2. The molecule has 0 saturated heterocycles. The Kier molecular flexibility index (Phi) is 4.07. The fourth-order valence-corrected chi connectivity index (χ4v) is 2.95. The van der Waals surface area contributed by atoms with Crippen LogP contribution in [-0.2, 0) is 0 Å². The van der Waals surface area contributed by atoms with E-state index in [1.54, 1.807) is 23.1 Å². The second kappa shape index (κ2) is 5.56. The zero-order chi connectivity index (χ0) is 12.3. The number of thioether (sulfide) groups is 1. The molecule has 1 atom stereocenters. The predicted octanol–water partition coefficient (Wildman–Crippen LogP) is 4.35. The summed E-state index contributed by atoms with van der Waals surface area (Å²) in [5.74, 6) is 0. The first-order chi connectivity index (χ1) is 8.20. The Morgan fingerprint density at radius 1 is 1.29 bits per heavy atom. The van der Waals surface area contributed by atoms with Gasteiger partial charge in [-0.1, -0.05) is 0 Å². The first kappa shape index (κ1) is 12.5. The van der Waals surface area contributed by atoms with Crippen molar-refractivity contribution in [3.05, 3.63) is 40.3 Å². The molecule has 1 unspecified atom stereocenters. The maximum Gasteiger partial charge on any atom is 0.0798 e. The zero-order valence-electron chi connectivity index (χ0n) is 10.2. The molecule has 0 aliphatic rings. The van der Waals surface area contributed by atoms with Crippen LogP contribution < -0.4 is 5.32 Å². The topological polar surface area (TPSA) is 24.9 Å². The van der Waals surface area contributed by atoms with Crippen LogP contribution in [0.15, 0.2) is 34.7 Å². The van der Waals surface area contributed by atoms with Gasteiger partial charge in [-0.15, -0.1) is 23.1 Å². The summed E-state index contributed by atoms with van der Waals surface area (Å²) in [4.78, 5) is 6.88. The van der Waals surface area contributed by atoms with Crippen LogP contribution in [0.3, 0.4) is 0 Å². The smallest absolute Gasteiger partial charge is 0.0798 e. The van der Waals surface area contributed by atoms with Gasteiger partial charge in [-0.2, -0.15) is 0 Å². The number of anilines is 1. The molecule has 2 rings (SSSR count). The lowest BCUT2D eigenvalue weighted by molar-refractivity contribution is 0.890. The van der Waals surface area contributed by atoms with Gasteiger partial charge in [-0.05, 0) is 44.4 Å². The van der Waals surface area contributed by atoms with Crippen LogP contribution in [-0.4, -0.2) is 11.2 Å². The van der Waals surface area contributed by atoms with Gasteiger partial charge in [0, 0.05) is 15.5 Å². The van der Waals surface area contributed by atoms with Gasteiger partial charge < -0.3 is 5.32 Å². The quantitative estimate of drug-likeness (QED) is 0.831. The van der Waals surface area contributed by atoms with E-state index in [9.17, 15) is 0 Å². The molecule has 0 fully saturated rings. The first-order valence-electron chi connectivity index (χ1n) is 5.51. The van der Waals surface area contributed by atoms with Gasteiger partial charge >= 0.3 is 0 Å². The minimum atomic E-state index is 0.308. The third-order valence-corrected chi connectivity index (χ3v) is 4.51. The van der Waals surface area contributed by atoms with E-state index in [2.05, 4.69) is 54.7 Å². The molecule has 1 aromatic heterocycles. The van der Waals surface area contributed by atoms with Crippen molar-refractivity contribution in [2.75, 3.05) is 11.6 Å². The molecule has 90 valence electrons. The van der Waals surface area contributed by atoms with Crippen LogP contribution in [0, 0.1) is 6.92 Å². The first-order valence-corrected chi connectivity index (χ1v) is 7.61. The average molecular weight is 264 g/mol. The molecule has 1 heterocycles. The number of aryl methyl sites for hydroxylation is 1. The van der Waals surface area contributed by atoms with Crippen molar-refractivity contribution < 1.29 is 0 Å². The second-order valence-electron chi connectivity index (χ2n) is 3.90. The highest BCUT2D eigenvalue weighted by Crippen LogP contribution is 2.26. The molecule has 0 spiro atoms. The predicted molar refractivity (Wildman–Crippen MR) is 77.1 cm³/mol. The molecular weight excluding hydrogens is 248 g/mol. The molecule has 2 nitrogen and oxygen atoms in total. The second-order valence-corrected chi connectivity index (χ2v) is 5.66. The molecule has 0 aliphatic carbocycles. The monoisotopic (exact) mass is 264 g/mol.